The van der Waals surface area contributed by atoms with Gasteiger partial charge in [-0.15, -0.1) is 0 Å². The van der Waals surface area contributed by atoms with Gasteiger partial charge in [-0.3, -0.25) is 4.72 Å². The molecule has 0 saturated heterocycles. The summed E-state index contributed by atoms with van der Waals surface area (Å²) < 4.78 is 44.6. The quantitative estimate of drug-likeness (QED) is 0.0760. The average Bonchev–Trinajstić information content (AvgIpc) is 3.14. The van der Waals surface area contributed by atoms with Gasteiger partial charge in [0.25, 0.3) is 0 Å². The summed E-state index contributed by atoms with van der Waals surface area (Å²) in [5.41, 5.74) is 2.87. The van der Waals surface area contributed by atoms with E-state index in [4.69, 9.17) is 14.2 Å². The first-order valence-corrected chi connectivity index (χ1v) is 19.3. The number of methoxy groups -OCH3 is 1. The molecule has 6 aromatic rings. The van der Waals surface area contributed by atoms with E-state index < -0.39 is 22.0 Å². The summed E-state index contributed by atoms with van der Waals surface area (Å²) in [5, 5.41) is 20.1. The van der Waals surface area contributed by atoms with Crippen LogP contribution < -0.4 is 34.9 Å². The molecule has 13 nitrogen and oxygen atoms in total. The normalized spacial score (nSPS) is 11.4. The lowest BCUT2D eigenvalue weighted by atomic mass is 9.86. The van der Waals surface area contributed by atoms with Crippen molar-refractivity contribution in [1.29, 1.82) is 0 Å². The highest BCUT2D eigenvalue weighted by Crippen LogP contribution is 2.40. The highest BCUT2D eigenvalue weighted by molar-refractivity contribution is 7.92. The number of anilines is 5. The summed E-state index contributed by atoms with van der Waals surface area (Å²) in [4.78, 5) is 29.8. The van der Waals surface area contributed by atoms with Crippen molar-refractivity contribution >= 4 is 61.4 Å². The van der Waals surface area contributed by atoms with Crippen LogP contribution in [0.3, 0.4) is 0 Å². The van der Waals surface area contributed by atoms with Crippen molar-refractivity contribution in [2.75, 3.05) is 34.0 Å². The van der Waals surface area contributed by atoms with Crippen LogP contribution >= 0.6 is 0 Å². The number of nitrogens with one attached hydrogen (secondary N) is 4. The highest BCUT2D eigenvalue weighted by Gasteiger charge is 2.23. The number of rotatable bonds is 13. The maximum atomic E-state index is 13.5. The van der Waals surface area contributed by atoms with Crippen molar-refractivity contribution in [1.82, 2.24) is 4.98 Å². The number of hydrogen-bond donors (Lipinski definition) is 5. The number of pyridine rings is 1. The predicted molar refractivity (Wildman–Crippen MR) is 219 cm³/mol. The Balaban J connectivity index is 1.21. The monoisotopic (exact) mass is 775 g/mol. The van der Waals surface area contributed by atoms with Crippen LogP contribution in [-0.4, -0.2) is 43.9 Å². The summed E-state index contributed by atoms with van der Waals surface area (Å²) in [7, 11) is -2.25. The van der Waals surface area contributed by atoms with Gasteiger partial charge in [0, 0.05) is 34.8 Å². The molecule has 2 amide bonds. The lowest BCUT2D eigenvalue weighted by Crippen LogP contribution is -2.22. The van der Waals surface area contributed by atoms with E-state index in [2.05, 4.69) is 25.7 Å². The van der Waals surface area contributed by atoms with Crippen molar-refractivity contribution < 1.29 is 37.3 Å². The van der Waals surface area contributed by atoms with Crippen LogP contribution in [0.1, 0.15) is 42.3 Å². The molecule has 5 aromatic carbocycles. The third-order valence-corrected chi connectivity index (χ3v) is 9.11. The third kappa shape index (κ3) is 9.65. The number of carboxylic acid groups (broad SMARTS) is 1. The van der Waals surface area contributed by atoms with Crippen LogP contribution in [0.2, 0.25) is 0 Å². The van der Waals surface area contributed by atoms with Gasteiger partial charge in [-0.25, -0.2) is 23.0 Å². The molecule has 0 spiro atoms. The van der Waals surface area contributed by atoms with E-state index in [1.165, 1.54) is 13.2 Å². The van der Waals surface area contributed by atoms with Gasteiger partial charge in [-0.2, -0.15) is 0 Å². The fourth-order valence-electron chi connectivity index (χ4n) is 5.84. The Morgan fingerprint density at radius 1 is 0.786 bits per heavy atom. The first kappa shape index (κ1) is 38.9. The molecule has 1 aromatic heterocycles. The molecule has 14 heteroatoms. The van der Waals surface area contributed by atoms with Crippen molar-refractivity contribution in [2.45, 2.75) is 32.8 Å². The molecule has 0 aliphatic carbocycles. The SMILES string of the molecule is COc1c(NC(=O)Nc2ccc(Oc3ccnc(Nc4ccc(C(=O)O)c(OCc5ccccc5)c4)c3)c3ccccc23)cc(C(C)(C)C)cc1NS(C)(=O)=O. The van der Waals surface area contributed by atoms with Crippen molar-refractivity contribution in [3.8, 4) is 23.0 Å². The summed E-state index contributed by atoms with van der Waals surface area (Å²) in [6, 6.07) is 31.3. The van der Waals surface area contributed by atoms with Crippen LogP contribution in [0.5, 0.6) is 23.0 Å². The lowest BCUT2D eigenvalue weighted by Gasteiger charge is -2.24. The molecule has 288 valence electrons. The molecule has 0 aliphatic heterocycles. The van der Waals surface area contributed by atoms with Gasteiger partial charge >= 0.3 is 12.0 Å². The van der Waals surface area contributed by atoms with Crippen molar-refractivity contribution in [3.63, 3.8) is 0 Å². The molecule has 0 fully saturated rings. The first-order chi connectivity index (χ1) is 26.7. The molecular formula is C42H41N5O8S. The molecule has 6 rings (SSSR count). The molecule has 56 heavy (non-hydrogen) atoms. The second-order valence-electron chi connectivity index (χ2n) is 13.9. The second-order valence-corrected chi connectivity index (χ2v) is 15.6. The number of aromatic carboxylic acids is 1. The maximum Gasteiger partial charge on any atom is 0.339 e. The Morgan fingerprint density at radius 2 is 1.48 bits per heavy atom. The smallest absolute Gasteiger partial charge is 0.339 e. The minimum Gasteiger partial charge on any atom is -0.492 e. The number of carbonyl (C=O) groups excluding carboxylic acids is 1. The van der Waals surface area contributed by atoms with Gasteiger partial charge in [0.2, 0.25) is 10.0 Å². The standard InChI is InChI=1S/C42H41N5O8S/c1-42(2,3)27-21-34(39(53-4)35(22-27)47-56(5,51)52)46-41(50)45-33-17-18-36(31-14-10-9-13-30(31)33)55-29-19-20-43-38(24-29)44-28-15-16-32(40(48)49)37(23-28)54-25-26-11-7-6-8-12-26/h6-24,47H,25H2,1-5H3,(H,43,44)(H,48,49)(H2,45,46,50). The summed E-state index contributed by atoms with van der Waals surface area (Å²) in [5.74, 6) is 0.692. The Morgan fingerprint density at radius 3 is 2.18 bits per heavy atom. The maximum absolute atomic E-state index is 13.5. The highest BCUT2D eigenvalue weighted by atomic mass is 32.2. The van der Waals surface area contributed by atoms with Gasteiger partial charge in [0.1, 0.15) is 35.2 Å². The first-order valence-electron chi connectivity index (χ1n) is 17.4. The Bertz CT molecular complexity index is 2520. The van der Waals surface area contributed by atoms with E-state index in [0.29, 0.717) is 39.5 Å². The Kier molecular flexibility index (Phi) is 11.3. The zero-order valence-electron chi connectivity index (χ0n) is 31.3. The third-order valence-electron chi connectivity index (χ3n) is 8.52. The van der Waals surface area contributed by atoms with Gasteiger partial charge < -0.3 is 35.3 Å². The van der Waals surface area contributed by atoms with Crippen LogP contribution in [0.4, 0.5) is 33.4 Å². The number of aromatic nitrogens is 1. The number of benzene rings is 5. The number of nitrogens with zero attached hydrogens (tertiary/aromatic N) is 1. The van der Waals surface area contributed by atoms with Gasteiger partial charge in [-0.05, 0) is 59.0 Å². The average molecular weight is 776 g/mol. The zero-order chi connectivity index (χ0) is 40.0. The molecule has 5 N–H and O–H groups in total. The fraction of sp³-hybridized carbons (Fsp3) is 0.167. The Labute approximate surface area is 324 Å². The van der Waals surface area contributed by atoms with Gasteiger partial charge in [-0.1, -0.05) is 75.4 Å². The number of amides is 2. The summed E-state index contributed by atoms with van der Waals surface area (Å²) in [6.07, 6.45) is 2.63. The van der Waals surface area contributed by atoms with Crippen LogP contribution in [0, 0.1) is 0 Å². The Hall–Kier alpha value is -6.80. The van der Waals surface area contributed by atoms with E-state index in [1.807, 2.05) is 75.4 Å². The number of sulfonamides is 1. The number of ether oxygens (including phenoxy) is 3. The van der Waals surface area contributed by atoms with Crippen molar-refractivity contribution in [2.24, 2.45) is 0 Å². The second kappa shape index (κ2) is 16.3. The number of urea groups is 1. The van der Waals surface area contributed by atoms with E-state index in [-0.39, 0.29) is 40.5 Å². The van der Waals surface area contributed by atoms with Crippen molar-refractivity contribution in [3.05, 3.63) is 132 Å². The minimum atomic E-state index is -3.65. The van der Waals surface area contributed by atoms with Crippen LogP contribution in [-0.2, 0) is 22.0 Å². The van der Waals surface area contributed by atoms with E-state index in [0.717, 1.165) is 17.4 Å². The topological polar surface area (TPSA) is 177 Å². The summed E-state index contributed by atoms with van der Waals surface area (Å²) in [6.45, 7) is 6.12. The number of hydrogen-bond acceptors (Lipinski definition) is 9. The van der Waals surface area contributed by atoms with E-state index >= 15 is 0 Å². The van der Waals surface area contributed by atoms with E-state index in [1.54, 1.807) is 54.7 Å². The van der Waals surface area contributed by atoms with Gasteiger partial charge in [0.05, 0.1) is 30.4 Å². The lowest BCUT2D eigenvalue weighted by molar-refractivity contribution is 0.0691. The fourth-order valence-corrected chi connectivity index (χ4v) is 6.40. The molecular weight excluding hydrogens is 735 g/mol. The molecule has 1 heterocycles. The predicted octanol–water partition coefficient (Wildman–Crippen LogP) is 9.37. The minimum absolute atomic E-state index is 0.0318. The molecule has 0 atom stereocenters. The van der Waals surface area contributed by atoms with Crippen LogP contribution in [0.25, 0.3) is 10.8 Å². The van der Waals surface area contributed by atoms with Crippen LogP contribution in [0.15, 0.2) is 115 Å². The summed E-state index contributed by atoms with van der Waals surface area (Å²) >= 11 is 0. The molecule has 0 bridgehead atoms. The molecule has 0 unspecified atom stereocenters. The number of carbonyl (C=O) groups is 2. The number of fused-ring (bicyclic) bond motifs is 1. The largest absolute Gasteiger partial charge is 0.492 e. The zero-order valence-corrected chi connectivity index (χ0v) is 32.2. The van der Waals surface area contributed by atoms with Gasteiger partial charge in [0.15, 0.2) is 5.75 Å². The molecule has 0 radical (unpaired) electrons. The molecule has 0 saturated carbocycles. The van der Waals surface area contributed by atoms with E-state index in [9.17, 15) is 23.1 Å². The number of carboxylic acids is 1. The molecule has 0 aliphatic rings.